The third-order valence-corrected chi connectivity index (χ3v) is 4.16. The molecule has 0 aliphatic rings. The van der Waals surface area contributed by atoms with Crippen molar-refractivity contribution in [2.75, 3.05) is 26.0 Å². The Kier molecular flexibility index (Phi) is 6.96. The Morgan fingerprint density at radius 2 is 2.08 bits per heavy atom. The van der Waals surface area contributed by atoms with Crippen LogP contribution in [-0.2, 0) is 9.53 Å². The summed E-state index contributed by atoms with van der Waals surface area (Å²) >= 11 is 1.22. The summed E-state index contributed by atoms with van der Waals surface area (Å²) in [6, 6.07) is 7.39. The molecular formula is C16H21N5O3S. The Morgan fingerprint density at radius 3 is 2.80 bits per heavy atom. The van der Waals surface area contributed by atoms with Gasteiger partial charge in [-0.15, -0.1) is 10.2 Å². The highest BCUT2D eigenvalue weighted by Gasteiger charge is 2.14. The molecule has 0 fully saturated rings. The molecule has 0 spiro atoms. The number of aromatic nitrogens is 3. The summed E-state index contributed by atoms with van der Waals surface area (Å²) in [6.45, 7) is 4.58. The van der Waals surface area contributed by atoms with Gasteiger partial charge in [0.1, 0.15) is 5.82 Å². The van der Waals surface area contributed by atoms with Gasteiger partial charge in [-0.3, -0.25) is 14.7 Å². The highest BCUT2D eigenvalue weighted by molar-refractivity contribution is 7.99. The van der Waals surface area contributed by atoms with Crippen molar-refractivity contribution in [3.8, 4) is 5.69 Å². The number of nitrogens with one attached hydrogen (secondary N) is 2. The van der Waals surface area contributed by atoms with E-state index in [1.165, 1.54) is 18.9 Å². The third kappa shape index (κ3) is 5.57. The number of hydrogen-bond acceptors (Lipinski definition) is 6. The molecule has 0 radical (unpaired) electrons. The monoisotopic (exact) mass is 363 g/mol. The van der Waals surface area contributed by atoms with Crippen LogP contribution in [0.15, 0.2) is 29.4 Å². The molecule has 0 atom stereocenters. The van der Waals surface area contributed by atoms with Crippen molar-refractivity contribution in [1.29, 1.82) is 0 Å². The van der Waals surface area contributed by atoms with Crippen LogP contribution >= 0.6 is 11.8 Å². The zero-order chi connectivity index (χ0) is 18.2. The maximum atomic E-state index is 11.9. The van der Waals surface area contributed by atoms with Crippen LogP contribution in [0.5, 0.6) is 0 Å². The quantitative estimate of drug-likeness (QED) is 0.571. The van der Waals surface area contributed by atoms with Crippen LogP contribution in [-0.4, -0.2) is 52.7 Å². The second kappa shape index (κ2) is 9.19. The SMILES string of the molecule is COCCNC(=O)NC(=O)CSc1nnc(C)n1-c1cccc(C)c1. The third-order valence-electron chi connectivity index (χ3n) is 3.23. The first-order chi connectivity index (χ1) is 12.0. The van der Waals surface area contributed by atoms with Crippen molar-refractivity contribution < 1.29 is 14.3 Å². The molecule has 0 bridgehead atoms. The van der Waals surface area contributed by atoms with Crippen molar-refractivity contribution >= 4 is 23.7 Å². The number of ether oxygens (including phenoxy) is 1. The predicted octanol–water partition coefficient (Wildman–Crippen LogP) is 1.45. The minimum absolute atomic E-state index is 0.0572. The lowest BCUT2D eigenvalue weighted by atomic mass is 10.2. The van der Waals surface area contributed by atoms with Crippen molar-refractivity contribution in [3.63, 3.8) is 0 Å². The zero-order valence-corrected chi connectivity index (χ0v) is 15.2. The van der Waals surface area contributed by atoms with E-state index in [2.05, 4.69) is 20.8 Å². The van der Waals surface area contributed by atoms with E-state index in [1.54, 1.807) is 0 Å². The molecule has 9 heteroatoms. The van der Waals surface area contributed by atoms with Crippen LogP contribution in [0.25, 0.3) is 5.69 Å². The molecule has 0 saturated heterocycles. The predicted molar refractivity (Wildman–Crippen MR) is 95.0 cm³/mol. The maximum absolute atomic E-state index is 11.9. The summed E-state index contributed by atoms with van der Waals surface area (Å²) < 4.78 is 6.70. The Hall–Kier alpha value is -2.39. The van der Waals surface area contributed by atoms with Crippen LogP contribution in [0.1, 0.15) is 11.4 Å². The largest absolute Gasteiger partial charge is 0.383 e. The number of rotatable bonds is 7. The molecule has 2 rings (SSSR count). The smallest absolute Gasteiger partial charge is 0.321 e. The first-order valence-electron chi connectivity index (χ1n) is 7.69. The molecule has 2 aromatic rings. The van der Waals surface area contributed by atoms with Crippen LogP contribution in [0, 0.1) is 13.8 Å². The number of benzene rings is 1. The molecule has 8 nitrogen and oxygen atoms in total. The number of hydrogen-bond donors (Lipinski definition) is 2. The van der Waals surface area contributed by atoms with Gasteiger partial charge in [0, 0.05) is 19.3 Å². The van der Waals surface area contributed by atoms with Gasteiger partial charge >= 0.3 is 6.03 Å². The molecule has 1 aromatic carbocycles. The normalized spacial score (nSPS) is 10.5. The van der Waals surface area contributed by atoms with E-state index in [1.807, 2.05) is 42.7 Å². The Morgan fingerprint density at radius 1 is 1.28 bits per heavy atom. The molecule has 0 saturated carbocycles. The Labute approximate surface area is 150 Å². The van der Waals surface area contributed by atoms with Crippen LogP contribution in [0.4, 0.5) is 4.79 Å². The lowest BCUT2D eigenvalue weighted by Crippen LogP contribution is -2.41. The summed E-state index contributed by atoms with van der Waals surface area (Å²) in [5.74, 6) is 0.379. The van der Waals surface area contributed by atoms with Crippen LogP contribution in [0.2, 0.25) is 0 Å². The average Bonchev–Trinajstić information content (AvgIpc) is 2.94. The number of amides is 3. The fraction of sp³-hybridized carbons (Fsp3) is 0.375. The van der Waals surface area contributed by atoms with Crippen molar-refractivity contribution in [2.45, 2.75) is 19.0 Å². The Balaban J connectivity index is 1.95. The fourth-order valence-electron chi connectivity index (χ4n) is 2.10. The van der Waals surface area contributed by atoms with Gasteiger partial charge in [0.2, 0.25) is 5.91 Å². The molecule has 0 unspecified atom stereocenters. The first kappa shape index (κ1) is 18.9. The molecule has 0 aliphatic carbocycles. The molecule has 2 N–H and O–H groups in total. The summed E-state index contributed by atoms with van der Waals surface area (Å²) in [4.78, 5) is 23.4. The van der Waals surface area contributed by atoms with Gasteiger partial charge in [-0.1, -0.05) is 23.9 Å². The van der Waals surface area contributed by atoms with E-state index in [0.29, 0.717) is 18.3 Å². The maximum Gasteiger partial charge on any atom is 0.321 e. The lowest BCUT2D eigenvalue weighted by Gasteiger charge is -2.09. The van der Waals surface area contributed by atoms with Crippen LogP contribution in [0.3, 0.4) is 0 Å². The van der Waals surface area contributed by atoms with Gasteiger partial charge in [0.25, 0.3) is 0 Å². The van der Waals surface area contributed by atoms with Gasteiger partial charge in [0.15, 0.2) is 5.16 Å². The number of methoxy groups -OCH3 is 1. The summed E-state index contributed by atoms with van der Waals surface area (Å²) in [5.41, 5.74) is 2.05. The topological polar surface area (TPSA) is 98.1 Å². The number of thioether (sulfide) groups is 1. The number of carbonyl (C=O) groups is 2. The van der Waals surface area contributed by atoms with Gasteiger partial charge in [0.05, 0.1) is 12.4 Å². The lowest BCUT2D eigenvalue weighted by molar-refractivity contribution is -0.117. The van der Waals surface area contributed by atoms with E-state index < -0.39 is 11.9 Å². The highest BCUT2D eigenvalue weighted by atomic mass is 32.2. The summed E-state index contributed by atoms with van der Waals surface area (Å²) in [6.07, 6.45) is 0. The summed E-state index contributed by atoms with van der Waals surface area (Å²) in [5, 5.41) is 13.6. The number of carbonyl (C=O) groups excluding carboxylic acids is 2. The second-order valence-corrected chi connectivity index (χ2v) is 6.23. The van der Waals surface area contributed by atoms with Crippen molar-refractivity contribution in [2.24, 2.45) is 0 Å². The van der Waals surface area contributed by atoms with Gasteiger partial charge < -0.3 is 10.1 Å². The number of urea groups is 1. The molecule has 1 aromatic heterocycles. The number of nitrogens with zero attached hydrogens (tertiary/aromatic N) is 3. The minimum atomic E-state index is -0.543. The van der Waals surface area contributed by atoms with Crippen molar-refractivity contribution in [3.05, 3.63) is 35.7 Å². The number of aryl methyl sites for hydroxylation is 2. The fourth-order valence-corrected chi connectivity index (χ4v) is 2.90. The molecular weight excluding hydrogens is 342 g/mol. The molecule has 3 amide bonds. The number of imide groups is 1. The van der Waals surface area contributed by atoms with E-state index >= 15 is 0 Å². The van der Waals surface area contributed by atoms with Gasteiger partial charge in [-0.25, -0.2) is 4.79 Å². The van der Waals surface area contributed by atoms with Gasteiger partial charge in [-0.05, 0) is 31.5 Å². The van der Waals surface area contributed by atoms with E-state index in [0.717, 1.165) is 17.1 Å². The van der Waals surface area contributed by atoms with Crippen LogP contribution < -0.4 is 10.6 Å². The molecule has 0 aliphatic heterocycles. The van der Waals surface area contributed by atoms with E-state index in [4.69, 9.17) is 4.74 Å². The van der Waals surface area contributed by atoms with E-state index in [-0.39, 0.29) is 5.75 Å². The highest BCUT2D eigenvalue weighted by Crippen LogP contribution is 2.22. The minimum Gasteiger partial charge on any atom is -0.383 e. The molecule has 134 valence electrons. The first-order valence-corrected chi connectivity index (χ1v) is 8.68. The Bertz CT molecular complexity index is 747. The van der Waals surface area contributed by atoms with E-state index in [9.17, 15) is 9.59 Å². The second-order valence-electron chi connectivity index (χ2n) is 5.29. The molecule has 1 heterocycles. The average molecular weight is 363 g/mol. The summed E-state index contributed by atoms with van der Waals surface area (Å²) in [7, 11) is 1.54. The zero-order valence-electron chi connectivity index (χ0n) is 14.4. The standard InChI is InChI=1S/C16H21N5O3S/c1-11-5-4-6-13(9-11)21-12(2)19-20-16(21)25-10-14(22)18-15(23)17-7-8-24-3/h4-6,9H,7-8,10H2,1-3H3,(H2,17,18,22,23). The van der Waals surface area contributed by atoms with Crippen molar-refractivity contribution in [1.82, 2.24) is 25.4 Å². The van der Waals surface area contributed by atoms with Gasteiger partial charge in [-0.2, -0.15) is 0 Å². The molecule has 25 heavy (non-hydrogen) atoms.